The second-order valence-corrected chi connectivity index (χ2v) is 17.2. The number of ether oxygens (including phenoxy) is 1. The maximum Gasteiger partial charge on any atom is 0.341 e. The summed E-state index contributed by atoms with van der Waals surface area (Å²) in [7, 11) is 0. The summed E-state index contributed by atoms with van der Waals surface area (Å²) in [5.74, 6) is -0.255. The van der Waals surface area contributed by atoms with E-state index in [1.54, 1.807) is 0 Å². The van der Waals surface area contributed by atoms with Gasteiger partial charge in [0.1, 0.15) is 5.75 Å². The van der Waals surface area contributed by atoms with E-state index in [4.69, 9.17) is 4.74 Å². The molecule has 0 aromatic heterocycles. The van der Waals surface area contributed by atoms with Crippen molar-refractivity contribution >= 4 is 29.5 Å². The van der Waals surface area contributed by atoms with Crippen molar-refractivity contribution in [1.29, 1.82) is 0 Å². The Balaban J connectivity index is 2.50. The summed E-state index contributed by atoms with van der Waals surface area (Å²) in [4.78, 5) is 13.8. The number of benzene rings is 2. The van der Waals surface area contributed by atoms with Crippen LogP contribution in [0.15, 0.2) is 40.1 Å². The van der Waals surface area contributed by atoms with Crippen molar-refractivity contribution in [3.63, 3.8) is 0 Å². The number of carboxylic acids is 1. The quantitative estimate of drug-likeness (QED) is 0.278. The molecule has 3 nitrogen and oxygen atoms in total. The van der Waals surface area contributed by atoms with Crippen molar-refractivity contribution in [3.8, 4) is 5.75 Å². The molecule has 0 saturated heterocycles. The molecular formula is C32H48O3S2. The van der Waals surface area contributed by atoms with E-state index in [2.05, 4.69) is 120 Å². The number of aliphatic carboxylic acids is 1. The third-order valence-electron chi connectivity index (χ3n) is 6.26. The van der Waals surface area contributed by atoms with E-state index in [0.29, 0.717) is 5.75 Å². The fraction of sp³-hybridized carbons (Fsp3) is 0.594. The summed E-state index contributed by atoms with van der Waals surface area (Å²) in [6, 6.07) is 11.4. The lowest BCUT2D eigenvalue weighted by atomic mass is 9.79. The van der Waals surface area contributed by atoms with Crippen molar-refractivity contribution in [3.05, 3.63) is 52.6 Å². The average Bonchev–Trinajstić information content (AvgIpc) is 2.69. The summed E-state index contributed by atoms with van der Waals surface area (Å²) >= 11 is 3.75. The van der Waals surface area contributed by atoms with Crippen molar-refractivity contribution in [1.82, 2.24) is 0 Å². The summed E-state index contributed by atoms with van der Waals surface area (Å²) in [6.45, 7) is 28.5. The zero-order valence-electron chi connectivity index (χ0n) is 25.3. The standard InChI is InChI=1S/C32H48O3S2/c1-20(36-23-15-21(29(2,3)4)14-22(16-23)30(5,6)7)37-24-17-25(31(8,9)10)28(35-19-27(33)34)26(18-24)32(11,12)13/h14-18,20H,19H2,1-13H3,(H,33,34). The third kappa shape index (κ3) is 8.99. The van der Waals surface area contributed by atoms with Crippen LogP contribution in [0.1, 0.15) is 112 Å². The Labute approximate surface area is 234 Å². The van der Waals surface area contributed by atoms with E-state index in [1.807, 2.05) is 23.5 Å². The van der Waals surface area contributed by atoms with Crippen LogP contribution in [0.2, 0.25) is 0 Å². The lowest BCUT2D eigenvalue weighted by Crippen LogP contribution is -2.22. The van der Waals surface area contributed by atoms with Gasteiger partial charge in [0.25, 0.3) is 0 Å². The molecule has 2 aromatic carbocycles. The highest BCUT2D eigenvalue weighted by Gasteiger charge is 2.29. The van der Waals surface area contributed by atoms with Crippen LogP contribution >= 0.6 is 23.5 Å². The van der Waals surface area contributed by atoms with Gasteiger partial charge in [0.2, 0.25) is 0 Å². The minimum Gasteiger partial charge on any atom is -0.481 e. The summed E-state index contributed by atoms with van der Waals surface area (Å²) in [5.41, 5.74) is 4.61. The van der Waals surface area contributed by atoms with Gasteiger partial charge < -0.3 is 9.84 Å². The van der Waals surface area contributed by atoms with Crippen LogP contribution in [0.3, 0.4) is 0 Å². The summed E-state index contributed by atoms with van der Waals surface area (Å²) in [6.07, 6.45) is 0. The maximum absolute atomic E-state index is 11.3. The molecule has 0 aliphatic heterocycles. The Morgan fingerprint density at radius 3 is 1.41 bits per heavy atom. The SMILES string of the molecule is CC(Sc1cc(C(C)(C)C)cc(C(C)(C)C)c1)Sc1cc(C(C)(C)C)c(OCC(=O)O)c(C(C)(C)C)c1. The highest BCUT2D eigenvalue weighted by atomic mass is 32.2. The largest absolute Gasteiger partial charge is 0.481 e. The van der Waals surface area contributed by atoms with E-state index < -0.39 is 5.97 Å². The Bertz CT molecular complexity index is 1040. The van der Waals surface area contributed by atoms with Crippen LogP contribution < -0.4 is 4.74 Å². The van der Waals surface area contributed by atoms with Gasteiger partial charge >= 0.3 is 5.97 Å². The Kier molecular flexibility index (Phi) is 9.62. The molecule has 1 atom stereocenters. The number of carbonyl (C=O) groups is 1. The first-order valence-electron chi connectivity index (χ1n) is 13.1. The number of hydrogen-bond acceptors (Lipinski definition) is 4. The predicted octanol–water partition coefficient (Wildman–Crippen LogP) is 9.57. The number of hydrogen-bond donors (Lipinski definition) is 1. The summed E-state index contributed by atoms with van der Waals surface area (Å²) < 4.78 is 6.20. The second-order valence-electron chi connectivity index (χ2n) is 14.1. The predicted molar refractivity (Wildman–Crippen MR) is 162 cm³/mol. The molecule has 0 amide bonds. The molecule has 0 bridgehead atoms. The van der Waals surface area contributed by atoms with E-state index in [1.165, 1.54) is 20.9 Å². The molecule has 37 heavy (non-hydrogen) atoms. The lowest BCUT2D eigenvalue weighted by Gasteiger charge is -2.30. The molecule has 0 fully saturated rings. The first kappa shape index (κ1) is 31.6. The minimum absolute atomic E-state index is 0.0853. The van der Waals surface area contributed by atoms with E-state index >= 15 is 0 Å². The van der Waals surface area contributed by atoms with Crippen LogP contribution in [0.25, 0.3) is 0 Å². The molecule has 1 unspecified atom stereocenters. The molecule has 1 N–H and O–H groups in total. The fourth-order valence-corrected chi connectivity index (χ4v) is 6.40. The van der Waals surface area contributed by atoms with Crippen LogP contribution in [0, 0.1) is 0 Å². The highest BCUT2D eigenvalue weighted by molar-refractivity contribution is 8.17. The van der Waals surface area contributed by atoms with Gasteiger partial charge in [0.05, 0.1) is 4.58 Å². The molecule has 0 aliphatic carbocycles. The summed E-state index contributed by atoms with van der Waals surface area (Å²) in [5, 5.41) is 9.28. The van der Waals surface area contributed by atoms with E-state index in [-0.39, 0.29) is 32.8 Å². The van der Waals surface area contributed by atoms with Crippen LogP contribution in [0.4, 0.5) is 0 Å². The van der Waals surface area contributed by atoms with Crippen LogP contribution in [-0.2, 0) is 26.5 Å². The topological polar surface area (TPSA) is 46.5 Å². The molecule has 206 valence electrons. The van der Waals surface area contributed by atoms with Gasteiger partial charge in [-0.05, 0) is 64.0 Å². The Morgan fingerprint density at radius 2 is 1.08 bits per heavy atom. The van der Waals surface area contributed by atoms with Crippen molar-refractivity contribution in [2.24, 2.45) is 0 Å². The maximum atomic E-state index is 11.3. The Morgan fingerprint density at radius 1 is 0.703 bits per heavy atom. The van der Waals surface area contributed by atoms with Gasteiger partial charge in [-0.25, -0.2) is 4.79 Å². The molecule has 0 heterocycles. The van der Waals surface area contributed by atoms with Crippen LogP contribution in [0.5, 0.6) is 5.75 Å². The van der Waals surface area contributed by atoms with Gasteiger partial charge in [-0.3, -0.25) is 0 Å². The monoisotopic (exact) mass is 544 g/mol. The smallest absolute Gasteiger partial charge is 0.341 e. The van der Waals surface area contributed by atoms with Crippen molar-refractivity contribution in [2.45, 2.75) is 126 Å². The van der Waals surface area contributed by atoms with E-state index in [0.717, 1.165) is 11.1 Å². The first-order valence-corrected chi connectivity index (χ1v) is 14.9. The van der Waals surface area contributed by atoms with Gasteiger partial charge in [0, 0.05) is 20.9 Å². The minimum atomic E-state index is -0.963. The highest BCUT2D eigenvalue weighted by Crippen LogP contribution is 2.45. The lowest BCUT2D eigenvalue weighted by molar-refractivity contribution is -0.139. The molecule has 0 saturated carbocycles. The fourth-order valence-electron chi connectivity index (χ4n) is 4.01. The number of carboxylic acid groups (broad SMARTS) is 1. The van der Waals surface area contributed by atoms with Gasteiger partial charge in [0.15, 0.2) is 6.61 Å². The Hall–Kier alpha value is -1.59. The average molecular weight is 545 g/mol. The molecule has 0 spiro atoms. The zero-order chi connectivity index (χ0) is 28.6. The number of rotatable bonds is 7. The van der Waals surface area contributed by atoms with Gasteiger partial charge in [-0.15, -0.1) is 23.5 Å². The third-order valence-corrected chi connectivity index (χ3v) is 8.52. The van der Waals surface area contributed by atoms with E-state index in [9.17, 15) is 9.90 Å². The molecule has 0 aliphatic rings. The van der Waals surface area contributed by atoms with Crippen molar-refractivity contribution < 1.29 is 14.6 Å². The molecule has 2 rings (SSSR count). The molecule has 2 aromatic rings. The number of thioether (sulfide) groups is 2. The van der Waals surface area contributed by atoms with Gasteiger partial charge in [-0.1, -0.05) is 89.2 Å². The normalized spacial score (nSPS) is 14.0. The van der Waals surface area contributed by atoms with Gasteiger partial charge in [-0.2, -0.15) is 0 Å². The zero-order valence-corrected chi connectivity index (χ0v) is 26.9. The second kappa shape index (κ2) is 11.3. The molecule has 5 heteroatoms. The van der Waals surface area contributed by atoms with Crippen LogP contribution in [-0.4, -0.2) is 22.3 Å². The molecule has 0 radical (unpaired) electrons. The van der Waals surface area contributed by atoms with Crippen molar-refractivity contribution in [2.75, 3.05) is 6.61 Å². The molecular weight excluding hydrogens is 496 g/mol. The first-order chi connectivity index (χ1) is 16.6.